The smallest absolute Gasteiger partial charge is 0.332 e. The van der Waals surface area contributed by atoms with Gasteiger partial charge in [0, 0.05) is 40.2 Å². The van der Waals surface area contributed by atoms with Crippen LogP contribution >= 0.6 is 0 Å². The highest BCUT2D eigenvalue weighted by Gasteiger charge is 2.14. The Hall–Kier alpha value is -3.48. The minimum Gasteiger partial charge on any atom is -0.381 e. The number of rotatable bonds is 6. The van der Waals surface area contributed by atoms with Crippen molar-refractivity contribution in [3.8, 4) is 0 Å². The van der Waals surface area contributed by atoms with Crippen LogP contribution in [0.2, 0.25) is 0 Å². The standard InChI is InChI=1S/C13H18N4O3.C6H10N4O2/c1-9(18)6-4-5-7-17-12(19)10-11(14-8-15(10)2)16(3)13(17)20;7-6-5-10(8-12-6)9-1-3-11-4-2-9/h8H,4-7H2,1-3H3;5,7H,1-4H2. The molecular formula is C19H28N8O5. The topological polar surface area (TPSA) is 146 Å². The molecule has 0 spiro atoms. The Balaban J connectivity index is 0.000000204. The fourth-order valence-electron chi connectivity index (χ4n) is 3.37. The number of Topliss-reactive ketones (excluding diaryl/α,β-unsaturated/α-hetero) is 1. The second-order valence-electron chi connectivity index (χ2n) is 7.54. The predicted molar refractivity (Wildman–Crippen MR) is 112 cm³/mol. The van der Waals surface area contributed by atoms with Crippen molar-refractivity contribution in [3.63, 3.8) is 0 Å². The van der Waals surface area contributed by atoms with E-state index in [4.69, 9.17) is 10.1 Å². The van der Waals surface area contributed by atoms with Crippen LogP contribution in [0, 0.1) is 5.41 Å². The number of aromatic nitrogens is 6. The van der Waals surface area contributed by atoms with Crippen LogP contribution in [0.1, 0.15) is 26.2 Å². The van der Waals surface area contributed by atoms with E-state index in [1.54, 1.807) is 23.5 Å². The lowest BCUT2D eigenvalue weighted by Crippen LogP contribution is -2.63. The fraction of sp³-hybridized carbons (Fsp3) is 0.579. The predicted octanol–water partition coefficient (Wildman–Crippen LogP) is -1.84. The lowest BCUT2D eigenvalue weighted by atomic mass is 10.2. The van der Waals surface area contributed by atoms with Crippen molar-refractivity contribution in [2.75, 3.05) is 31.3 Å². The number of carbonyl (C=O) groups excluding carboxylic acids is 1. The van der Waals surface area contributed by atoms with Gasteiger partial charge in [0.2, 0.25) is 0 Å². The van der Waals surface area contributed by atoms with Gasteiger partial charge < -0.3 is 18.6 Å². The zero-order valence-corrected chi connectivity index (χ0v) is 18.5. The Morgan fingerprint density at radius 1 is 1.25 bits per heavy atom. The van der Waals surface area contributed by atoms with Crippen molar-refractivity contribution < 1.29 is 18.8 Å². The molecule has 0 aliphatic carbocycles. The molecular weight excluding hydrogens is 420 g/mol. The van der Waals surface area contributed by atoms with E-state index < -0.39 is 0 Å². The van der Waals surface area contributed by atoms with E-state index in [9.17, 15) is 14.4 Å². The van der Waals surface area contributed by atoms with Crippen LogP contribution in [0.25, 0.3) is 11.2 Å². The Bertz CT molecular complexity index is 1240. The van der Waals surface area contributed by atoms with Crippen molar-refractivity contribution >= 4 is 16.9 Å². The van der Waals surface area contributed by atoms with E-state index in [-0.39, 0.29) is 22.6 Å². The van der Waals surface area contributed by atoms with Crippen LogP contribution < -0.4 is 31.9 Å². The molecule has 1 saturated heterocycles. The molecule has 32 heavy (non-hydrogen) atoms. The third-order valence-corrected chi connectivity index (χ3v) is 5.09. The number of carbonyl (C=O) groups is 1. The largest absolute Gasteiger partial charge is 0.381 e. The van der Waals surface area contributed by atoms with Crippen LogP contribution in [0.15, 0.2) is 26.6 Å². The number of unbranched alkanes of at least 4 members (excludes halogenated alkanes) is 1. The molecule has 3 aromatic heterocycles. The SMILES string of the molecule is CC(=O)CCCCn1c(=O)c2c(ncn2C)n(C)c1=O.N=c1c[n+](N2CCOCC2)[n-]o1. The van der Waals surface area contributed by atoms with Crippen LogP contribution in [-0.2, 0) is 30.2 Å². The monoisotopic (exact) mass is 448 g/mol. The highest BCUT2D eigenvalue weighted by atomic mass is 16.5. The Morgan fingerprint density at radius 3 is 2.59 bits per heavy atom. The number of morpholine rings is 1. The molecule has 13 nitrogen and oxygen atoms in total. The summed E-state index contributed by atoms with van der Waals surface area (Å²) in [5.41, 5.74) is 0.178. The van der Waals surface area contributed by atoms with Gasteiger partial charge >= 0.3 is 5.69 Å². The van der Waals surface area contributed by atoms with Gasteiger partial charge in [-0.05, 0) is 25.0 Å². The Labute approximate surface area is 182 Å². The van der Waals surface area contributed by atoms with E-state index in [0.717, 1.165) is 13.1 Å². The summed E-state index contributed by atoms with van der Waals surface area (Å²) < 4.78 is 14.0. The van der Waals surface area contributed by atoms with Crippen LogP contribution in [0.4, 0.5) is 0 Å². The van der Waals surface area contributed by atoms with Crippen molar-refractivity contribution in [2.24, 2.45) is 14.1 Å². The first-order chi connectivity index (χ1) is 15.3. The summed E-state index contributed by atoms with van der Waals surface area (Å²) in [5, 5.41) is 12.8. The molecule has 0 bridgehead atoms. The first-order valence-electron chi connectivity index (χ1n) is 10.3. The quantitative estimate of drug-likeness (QED) is 0.342. The molecule has 1 aliphatic rings. The van der Waals surface area contributed by atoms with Gasteiger partial charge in [0.05, 0.1) is 19.5 Å². The number of imidazole rings is 1. The number of nitrogens with zero attached hydrogens (tertiary/aromatic N) is 7. The number of aryl methyl sites for hydroxylation is 2. The molecule has 0 saturated carbocycles. The van der Waals surface area contributed by atoms with Gasteiger partial charge in [-0.2, -0.15) is 0 Å². The van der Waals surface area contributed by atoms with Gasteiger partial charge in [-0.1, -0.05) is 4.79 Å². The number of ketones is 1. The molecule has 0 atom stereocenters. The molecule has 0 unspecified atom stereocenters. The molecule has 174 valence electrons. The third-order valence-electron chi connectivity index (χ3n) is 5.09. The number of ether oxygens (including phenoxy) is 1. The molecule has 0 amide bonds. The molecule has 1 fully saturated rings. The van der Waals surface area contributed by atoms with Gasteiger partial charge in [-0.3, -0.25) is 24.3 Å². The Morgan fingerprint density at radius 2 is 1.97 bits per heavy atom. The van der Waals surface area contributed by atoms with Crippen LogP contribution in [-0.4, -0.2) is 50.8 Å². The summed E-state index contributed by atoms with van der Waals surface area (Å²) in [5.74, 6) is 0.118. The van der Waals surface area contributed by atoms with Crippen molar-refractivity contribution in [3.05, 3.63) is 38.9 Å². The second-order valence-corrected chi connectivity index (χ2v) is 7.54. The molecule has 0 aromatic carbocycles. The zero-order chi connectivity index (χ0) is 23.3. The van der Waals surface area contributed by atoms with Crippen molar-refractivity contribution in [1.82, 2.24) is 24.0 Å². The molecule has 13 heteroatoms. The maximum atomic E-state index is 12.3. The first-order valence-corrected chi connectivity index (χ1v) is 10.3. The average molecular weight is 448 g/mol. The van der Waals surface area contributed by atoms with E-state index in [1.807, 2.05) is 5.01 Å². The van der Waals surface area contributed by atoms with Gasteiger partial charge in [-0.15, -0.1) is 0 Å². The van der Waals surface area contributed by atoms with Crippen LogP contribution in [0.3, 0.4) is 0 Å². The van der Waals surface area contributed by atoms with E-state index in [0.29, 0.717) is 50.2 Å². The van der Waals surface area contributed by atoms with Crippen molar-refractivity contribution in [2.45, 2.75) is 32.7 Å². The van der Waals surface area contributed by atoms with Crippen LogP contribution in [0.5, 0.6) is 0 Å². The zero-order valence-electron chi connectivity index (χ0n) is 18.5. The second kappa shape index (κ2) is 10.2. The molecule has 3 aromatic rings. The molecule has 1 aliphatic heterocycles. The number of fused-ring (bicyclic) bond motifs is 1. The minimum absolute atomic E-state index is 0.0708. The van der Waals surface area contributed by atoms with Crippen molar-refractivity contribution in [1.29, 1.82) is 5.41 Å². The normalized spacial score (nSPS) is 13.8. The highest BCUT2D eigenvalue weighted by Crippen LogP contribution is 2.04. The third kappa shape index (κ3) is 5.22. The summed E-state index contributed by atoms with van der Waals surface area (Å²) in [7, 11) is 3.32. The maximum absolute atomic E-state index is 12.3. The fourth-order valence-corrected chi connectivity index (χ4v) is 3.37. The Kier molecular flexibility index (Phi) is 7.41. The first kappa shape index (κ1) is 23.2. The lowest BCUT2D eigenvalue weighted by Gasteiger charge is -2.26. The summed E-state index contributed by atoms with van der Waals surface area (Å²) in [4.78, 5) is 41.0. The molecule has 4 rings (SSSR count). The van der Waals surface area contributed by atoms with Gasteiger partial charge in [-0.25, -0.2) is 9.78 Å². The average Bonchev–Trinajstić information content (AvgIpc) is 3.38. The summed E-state index contributed by atoms with van der Waals surface area (Å²) >= 11 is 0. The van der Waals surface area contributed by atoms with E-state index >= 15 is 0 Å². The number of nitrogens with one attached hydrogen (secondary N) is 1. The van der Waals surface area contributed by atoms with E-state index in [1.165, 1.54) is 28.6 Å². The maximum Gasteiger partial charge on any atom is 0.332 e. The van der Waals surface area contributed by atoms with Gasteiger partial charge in [0.25, 0.3) is 17.3 Å². The number of hydrogen-bond acceptors (Lipinski definition) is 8. The highest BCUT2D eigenvalue weighted by molar-refractivity contribution is 5.75. The summed E-state index contributed by atoms with van der Waals surface area (Å²) in [6, 6.07) is 0. The summed E-state index contributed by atoms with van der Waals surface area (Å²) in [6.45, 7) is 4.83. The molecule has 0 radical (unpaired) electrons. The van der Waals surface area contributed by atoms with Gasteiger partial charge in [0.15, 0.2) is 11.2 Å². The van der Waals surface area contributed by atoms with Gasteiger partial charge in [0.1, 0.15) is 5.78 Å². The van der Waals surface area contributed by atoms with E-state index in [2.05, 4.69) is 14.8 Å². The summed E-state index contributed by atoms with van der Waals surface area (Å²) in [6.07, 6.45) is 4.83. The minimum atomic E-state index is -0.371. The molecule has 1 N–H and O–H groups in total. The molecule has 4 heterocycles. The number of hydrogen-bond donors (Lipinski definition) is 1. The lowest BCUT2D eigenvalue weighted by molar-refractivity contribution is -0.765.